The molecule has 10 nitrogen and oxygen atoms in total. The van der Waals surface area contributed by atoms with Crippen molar-refractivity contribution in [3.8, 4) is 0 Å². The van der Waals surface area contributed by atoms with Gasteiger partial charge in [0, 0.05) is 19.6 Å². The summed E-state index contributed by atoms with van der Waals surface area (Å²) in [5.74, 6) is -2.76. The van der Waals surface area contributed by atoms with Crippen LogP contribution in [0.5, 0.6) is 0 Å². The summed E-state index contributed by atoms with van der Waals surface area (Å²) in [5.41, 5.74) is 1.61. The van der Waals surface area contributed by atoms with Gasteiger partial charge in [0.15, 0.2) is 0 Å². The van der Waals surface area contributed by atoms with Gasteiger partial charge in [0.2, 0.25) is 10.0 Å². The molecule has 2 aliphatic rings. The summed E-state index contributed by atoms with van der Waals surface area (Å²) in [7, 11) is -3.21. The highest BCUT2D eigenvalue weighted by Crippen LogP contribution is 2.17. The van der Waals surface area contributed by atoms with Crippen LogP contribution in [-0.4, -0.2) is 88.9 Å². The minimum atomic E-state index is -5.08. The van der Waals surface area contributed by atoms with E-state index < -0.39 is 22.2 Å². The number of halogens is 3. The number of alkyl halides is 3. The van der Waals surface area contributed by atoms with Crippen LogP contribution in [0.3, 0.4) is 0 Å². The molecule has 0 unspecified atom stereocenters. The number of aromatic nitrogens is 3. The van der Waals surface area contributed by atoms with Crippen molar-refractivity contribution in [3.05, 3.63) is 11.4 Å². The first-order chi connectivity index (χ1) is 14.0. The van der Waals surface area contributed by atoms with E-state index in [9.17, 15) is 21.6 Å². The number of likely N-dealkylation sites (tertiary alicyclic amines) is 1. The second kappa shape index (κ2) is 10.5. The third-order valence-corrected chi connectivity index (χ3v) is 5.97. The van der Waals surface area contributed by atoms with Gasteiger partial charge in [-0.3, -0.25) is 0 Å². The molecule has 3 rings (SSSR count). The molecule has 1 fully saturated rings. The van der Waals surface area contributed by atoms with E-state index in [0.29, 0.717) is 32.8 Å². The summed E-state index contributed by atoms with van der Waals surface area (Å²) < 4.78 is 64.4. The molecule has 2 aliphatic heterocycles. The van der Waals surface area contributed by atoms with Crippen molar-refractivity contribution in [2.75, 3.05) is 39.0 Å². The van der Waals surface area contributed by atoms with Crippen LogP contribution >= 0.6 is 0 Å². The molecule has 0 atom stereocenters. The van der Waals surface area contributed by atoms with E-state index in [4.69, 9.17) is 14.6 Å². The van der Waals surface area contributed by atoms with Crippen LogP contribution in [0.25, 0.3) is 0 Å². The van der Waals surface area contributed by atoms with Gasteiger partial charge in [0.25, 0.3) is 0 Å². The topological polar surface area (TPSA) is 118 Å². The van der Waals surface area contributed by atoms with Gasteiger partial charge in [-0.25, -0.2) is 17.9 Å². The van der Waals surface area contributed by atoms with Gasteiger partial charge in [0.1, 0.15) is 5.69 Å². The number of fused-ring (bicyclic) bond motifs is 1. The summed E-state index contributed by atoms with van der Waals surface area (Å²) in [4.78, 5) is 11.3. The smallest absolute Gasteiger partial charge is 0.475 e. The normalized spacial score (nSPS) is 18.4. The van der Waals surface area contributed by atoms with E-state index in [-0.39, 0.29) is 0 Å². The Morgan fingerprint density at radius 2 is 1.80 bits per heavy atom. The molecule has 0 amide bonds. The van der Waals surface area contributed by atoms with Gasteiger partial charge in [0.05, 0.1) is 31.7 Å². The van der Waals surface area contributed by atoms with Gasteiger partial charge >= 0.3 is 12.1 Å². The molecule has 172 valence electrons. The fraction of sp³-hybridized carbons (Fsp3) is 0.812. The molecule has 1 saturated heterocycles. The zero-order chi connectivity index (χ0) is 22.4. The molecule has 1 N–H and O–H groups in total. The van der Waals surface area contributed by atoms with Crippen LogP contribution in [0.4, 0.5) is 13.2 Å². The van der Waals surface area contributed by atoms with Crippen LogP contribution in [0.1, 0.15) is 30.7 Å². The highest BCUT2D eigenvalue weighted by Gasteiger charge is 2.38. The maximum atomic E-state index is 11.8. The average molecular weight is 457 g/mol. The highest BCUT2D eigenvalue weighted by atomic mass is 32.2. The van der Waals surface area contributed by atoms with Crippen molar-refractivity contribution >= 4 is 16.0 Å². The lowest BCUT2D eigenvalue weighted by Crippen LogP contribution is -2.30. The van der Waals surface area contributed by atoms with Gasteiger partial charge < -0.3 is 14.7 Å². The van der Waals surface area contributed by atoms with Crippen molar-refractivity contribution in [1.82, 2.24) is 24.2 Å². The van der Waals surface area contributed by atoms with Crippen molar-refractivity contribution < 1.29 is 36.2 Å². The monoisotopic (exact) mass is 457 g/mol. The summed E-state index contributed by atoms with van der Waals surface area (Å²) in [5, 5.41) is 15.4. The maximum Gasteiger partial charge on any atom is 0.490 e. The molecule has 30 heavy (non-hydrogen) atoms. The molecular formula is C16H26F3N5O5S. The van der Waals surface area contributed by atoms with Crippen molar-refractivity contribution in [3.63, 3.8) is 0 Å². The number of carboxylic acids is 1. The number of aliphatic carboxylic acids is 1. The highest BCUT2D eigenvalue weighted by molar-refractivity contribution is 7.88. The third kappa shape index (κ3) is 7.49. The van der Waals surface area contributed by atoms with E-state index in [0.717, 1.165) is 37.4 Å². The van der Waals surface area contributed by atoms with Gasteiger partial charge in [-0.2, -0.15) is 17.5 Å². The minimum Gasteiger partial charge on any atom is -0.475 e. The third-order valence-electron chi connectivity index (χ3n) is 4.72. The Bertz CT molecular complexity index is 809. The molecule has 0 spiro atoms. The molecule has 0 aliphatic carbocycles. The Labute approximate surface area is 172 Å². The Kier molecular flexibility index (Phi) is 8.58. The quantitative estimate of drug-likeness (QED) is 0.620. The fourth-order valence-electron chi connectivity index (χ4n) is 3.13. The molecule has 0 aromatic carbocycles. The maximum absolute atomic E-state index is 11.8. The first-order valence-corrected chi connectivity index (χ1v) is 11.3. The van der Waals surface area contributed by atoms with Crippen LogP contribution < -0.4 is 0 Å². The lowest BCUT2D eigenvalue weighted by molar-refractivity contribution is -0.192. The molecule has 0 bridgehead atoms. The molecule has 3 heterocycles. The summed E-state index contributed by atoms with van der Waals surface area (Å²) in [6.07, 6.45) is -0.531. The van der Waals surface area contributed by atoms with E-state index in [1.54, 1.807) is 0 Å². The molecule has 1 aromatic rings. The second-order valence-corrected chi connectivity index (χ2v) is 9.04. The number of aryl methyl sites for hydroxylation is 1. The van der Waals surface area contributed by atoms with Crippen LogP contribution in [-0.2, 0) is 39.3 Å². The average Bonchev–Trinajstić information content (AvgIpc) is 3.22. The molecule has 0 saturated carbocycles. The van der Waals surface area contributed by atoms with Crippen molar-refractivity contribution in [2.24, 2.45) is 0 Å². The van der Waals surface area contributed by atoms with Crippen LogP contribution in [0, 0.1) is 0 Å². The first kappa shape index (κ1) is 24.5. The lowest BCUT2D eigenvalue weighted by Gasteiger charge is -2.17. The van der Waals surface area contributed by atoms with Crippen LogP contribution in [0.15, 0.2) is 0 Å². The lowest BCUT2D eigenvalue weighted by atomic mass is 10.3. The van der Waals surface area contributed by atoms with E-state index >= 15 is 0 Å². The largest absolute Gasteiger partial charge is 0.490 e. The standard InChI is InChI=1S/C14H25N5O3S.C2HF3O2/c1-23(20,21)18-7-4-8-19-14(11-18)13(15-16-19)12-22-10-9-17-5-2-3-6-17;3-2(4,5)1(6)7/h2-12H2,1H3;(H,6,7). The van der Waals surface area contributed by atoms with Gasteiger partial charge in [-0.05, 0) is 32.4 Å². The van der Waals surface area contributed by atoms with E-state index in [1.165, 1.54) is 23.4 Å². The number of hydrogen-bond donors (Lipinski definition) is 1. The summed E-state index contributed by atoms with van der Waals surface area (Å²) >= 11 is 0. The van der Waals surface area contributed by atoms with E-state index in [2.05, 4.69) is 15.2 Å². The van der Waals surface area contributed by atoms with Crippen LogP contribution in [0.2, 0.25) is 0 Å². The summed E-state index contributed by atoms with van der Waals surface area (Å²) in [6.45, 7) is 5.88. The zero-order valence-electron chi connectivity index (χ0n) is 16.6. The zero-order valence-corrected chi connectivity index (χ0v) is 17.5. The van der Waals surface area contributed by atoms with E-state index in [1.807, 2.05) is 4.68 Å². The van der Waals surface area contributed by atoms with Gasteiger partial charge in [-0.1, -0.05) is 5.21 Å². The molecular weight excluding hydrogens is 431 g/mol. The number of carboxylic acid groups (broad SMARTS) is 1. The Morgan fingerprint density at radius 1 is 1.17 bits per heavy atom. The molecule has 1 aromatic heterocycles. The van der Waals surface area contributed by atoms with Crippen molar-refractivity contribution in [1.29, 1.82) is 0 Å². The Hall–Kier alpha value is -1.77. The van der Waals surface area contributed by atoms with Gasteiger partial charge in [-0.15, -0.1) is 5.10 Å². The SMILES string of the molecule is CS(=O)(=O)N1CCCn2nnc(COCCN3CCCC3)c2C1.O=C(O)C(F)(F)F. The number of hydrogen-bond acceptors (Lipinski definition) is 7. The second-order valence-electron chi connectivity index (χ2n) is 7.06. The predicted octanol–water partition coefficient (Wildman–Crippen LogP) is 0.689. The number of ether oxygens (including phenoxy) is 1. The number of nitrogens with zero attached hydrogens (tertiary/aromatic N) is 5. The first-order valence-electron chi connectivity index (χ1n) is 9.45. The number of sulfonamides is 1. The number of carbonyl (C=O) groups is 1. The fourth-order valence-corrected chi connectivity index (χ4v) is 3.95. The summed E-state index contributed by atoms with van der Waals surface area (Å²) in [6, 6.07) is 0. The molecule has 14 heteroatoms. The van der Waals surface area contributed by atoms with Crippen molar-refractivity contribution in [2.45, 2.75) is 45.1 Å². The Balaban J connectivity index is 0.000000396. The Morgan fingerprint density at radius 3 is 2.37 bits per heavy atom. The molecule has 0 radical (unpaired) electrons. The number of rotatable bonds is 6. The minimum absolute atomic E-state index is 0.330. The predicted molar refractivity (Wildman–Crippen MR) is 98.9 cm³/mol.